The first-order valence-electron chi connectivity index (χ1n) is 10.5. The molecule has 1 aliphatic carbocycles. The molecular weight excluding hydrogens is 400 g/mol. The average molecular weight is 420 g/mol. The number of aromatic amines is 2. The van der Waals surface area contributed by atoms with Gasteiger partial charge in [-0.05, 0) is 48.7 Å². The van der Waals surface area contributed by atoms with E-state index in [9.17, 15) is 4.79 Å². The Bertz CT molecular complexity index is 1420. The van der Waals surface area contributed by atoms with E-state index in [4.69, 9.17) is 0 Å². The number of carbonyl (C=O) groups excluding carboxylic acids is 1. The lowest BCUT2D eigenvalue weighted by Crippen LogP contribution is -2.34. The molecule has 6 rings (SSSR count). The van der Waals surface area contributed by atoms with Crippen molar-refractivity contribution in [1.82, 2.24) is 30.7 Å². The van der Waals surface area contributed by atoms with Gasteiger partial charge in [-0.25, -0.2) is 4.98 Å². The molecular formula is C25H20N6O. The van der Waals surface area contributed by atoms with Crippen LogP contribution in [-0.2, 0) is 5.54 Å². The van der Waals surface area contributed by atoms with Gasteiger partial charge in [0.05, 0.1) is 16.7 Å². The van der Waals surface area contributed by atoms with Crippen molar-refractivity contribution in [3.63, 3.8) is 0 Å². The van der Waals surface area contributed by atoms with Gasteiger partial charge in [-0.2, -0.15) is 10.2 Å². The summed E-state index contributed by atoms with van der Waals surface area (Å²) in [6.07, 6.45) is 3.40. The molecule has 1 fully saturated rings. The number of amides is 1. The molecule has 7 heteroatoms. The molecule has 0 radical (unpaired) electrons. The summed E-state index contributed by atoms with van der Waals surface area (Å²) >= 11 is 0. The van der Waals surface area contributed by atoms with Gasteiger partial charge in [-0.15, -0.1) is 0 Å². The molecule has 32 heavy (non-hydrogen) atoms. The molecule has 0 unspecified atom stereocenters. The fourth-order valence-electron chi connectivity index (χ4n) is 4.19. The first-order chi connectivity index (χ1) is 15.7. The summed E-state index contributed by atoms with van der Waals surface area (Å²) in [4.78, 5) is 17.3. The minimum atomic E-state index is -0.251. The van der Waals surface area contributed by atoms with E-state index in [-0.39, 0.29) is 11.4 Å². The van der Waals surface area contributed by atoms with E-state index >= 15 is 0 Å². The van der Waals surface area contributed by atoms with Crippen LogP contribution in [0, 0.1) is 0 Å². The molecule has 0 saturated heterocycles. The van der Waals surface area contributed by atoms with E-state index in [1.54, 1.807) is 0 Å². The van der Waals surface area contributed by atoms with E-state index in [0.717, 1.165) is 46.1 Å². The smallest absolute Gasteiger partial charge is 0.251 e. The summed E-state index contributed by atoms with van der Waals surface area (Å²) in [5, 5.41) is 18.6. The van der Waals surface area contributed by atoms with Gasteiger partial charge < -0.3 is 5.32 Å². The van der Waals surface area contributed by atoms with Crippen LogP contribution in [-0.4, -0.2) is 31.3 Å². The van der Waals surface area contributed by atoms with E-state index in [2.05, 4.69) is 42.8 Å². The number of rotatable bonds is 5. The summed E-state index contributed by atoms with van der Waals surface area (Å²) in [5.41, 5.74) is 5.03. The lowest BCUT2D eigenvalue weighted by molar-refractivity contribution is 0.0931. The van der Waals surface area contributed by atoms with Crippen LogP contribution in [0.3, 0.4) is 0 Å². The number of benzene rings is 3. The Kier molecular flexibility index (Phi) is 4.14. The quantitative estimate of drug-likeness (QED) is 0.392. The Labute approximate surface area is 183 Å². The molecule has 2 heterocycles. The van der Waals surface area contributed by atoms with Crippen molar-refractivity contribution in [2.75, 3.05) is 0 Å². The van der Waals surface area contributed by atoms with Gasteiger partial charge in [0.2, 0.25) is 0 Å². The van der Waals surface area contributed by atoms with Crippen molar-refractivity contribution in [2.24, 2.45) is 0 Å². The van der Waals surface area contributed by atoms with Crippen LogP contribution in [0.15, 0.2) is 79.1 Å². The number of aromatic nitrogens is 5. The van der Waals surface area contributed by atoms with Gasteiger partial charge in [-0.1, -0.05) is 42.5 Å². The van der Waals surface area contributed by atoms with Crippen LogP contribution in [0.5, 0.6) is 0 Å². The Balaban J connectivity index is 1.33. The van der Waals surface area contributed by atoms with Gasteiger partial charge in [0.1, 0.15) is 6.33 Å². The fraction of sp³-hybridized carbons (Fsp3) is 0.120. The molecule has 3 aromatic carbocycles. The second kappa shape index (κ2) is 7.16. The summed E-state index contributed by atoms with van der Waals surface area (Å²) < 4.78 is 0. The van der Waals surface area contributed by atoms with Gasteiger partial charge >= 0.3 is 0 Å². The van der Waals surface area contributed by atoms with Crippen molar-refractivity contribution in [3.05, 3.63) is 90.3 Å². The fourth-order valence-corrected chi connectivity index (χ4v) is 4.19. The molecule has 7 nitrogen and oxygen atoms in total. The first-order valence-corrected chi connectivity index (χ1v) is 10.5. The minimum Gasteiger partial charge on any atom is -0.343 e. The molecule has 1 amide bonds. The number of fused-ring (bicyclic) bond motifs is 1. The summed E-state index contributed by atoms with van der Waals surface area (Å²) in [6, 6.07) is 23.7. The average Bonchev–Trinajstić information content (AvgIpc) is 3.24. The summed E-state index contributed by atoms with van der Waals surface area (Å²) in [7, 11) is 0. The number of H-pyrrole nitrogens is 2. The number of nitrogens with one attached hydrogen (secondary N) is 3. The number of nitrogens with zero attached hydrogens (tertiary/aromatic N) is 3. The summed E-state index contributed by atoms with van der Waals surface area (Å²) in [6.45, 7) is 0. The topological polar surface area (TPSA) is 99.3 Å². The zero-order chi connectivity index (χ0) is 21.5. The largest absolute Gasteiger partial charge is 0.343 e. The normalized spacial score (nSPS) is 14.4. The third-order valence-electron chi connectivity index (χ3n) is 6.08. The molecule has 0 aliphatic heterocycles. The van der Waals surface area contributed by atoms with Gasteiger partial charge in [0.15, 0.2) is 5.82 Å². The van der Waals surface area contributed by atoms with Crippen molar-refractivity contribution >= 4 is 16.8 Å². The second-order valence-corrected chi connectivity index (χ2v) is 8.15. The van der Waals surface area contributed by atoms with Crippen LogP contribution in [0.1, 0.15) is 28.8 Å². The SMILES string of the molecule is O=C(NC1(c2ccccc2)CC1)c1cccc(-c2n[nH]c3ccc(-c4ncn[nH]4)cc23)c1. The van der Waals surface area contributed by atoms with E-state index < -0.39 is 0 Å². The second-order valence-electron chi connectivity index (χ2n) is 8.15. The zero-order valence-corrected chi connectivity index (χ0v) is 17.2. The number of carbonyl (C=O) groups is 1. The molecule has 5 aromatic rings. The third kappa shape index (κ3) is 3.15. The molecule has 2 aromatic heterocycles. The van der Waals surface area contributed by atoms with E-state index in [1.807, 2.05) is 60.7 Å². The van der Waals surface area contributed by atoms with Crippen molar-refractivity contribution in [3.8, 4) is 22.6 Å². The Morgan fingerprint density at radius 2 is 1.78 bits per heavy atom. The molecule has 1 aliphatic rings. The van der Waals surface area contributed by atoms with Crippen LogP contribution in [0.2, 0.25) is 0 Å². The molecule has 3 N–H and O–H groups in total. The molecule has 0 spiro atoms. The van der Waals surface area contributed by atoms with Crippen molar-refractivity contribution in [1.29, 1.82) is 0 Å². The highest BCUT2D eigenvalue weighted by atomic mass is 16.1. The van der Waals surface area contributed by atoms with E-state index in [0.29, 0.717) is 11.4 Å². The summed E-state index contributed by atoms with van der Waals surface area (Å²) in [5.74, 6) is 0.623. The predicted molar refractivity (Wildman–Crippen MR) is 122 cm³/mol. The molecule has 0 bridgehead atoms. The van der Waals surface area contributed by atoms with Crippen LogP contribution in [0.25, 0.3) is 33.5 Å². The predicted octanol–water partition coefficient (Wildman–Crippen LogP) is 4.43. The van der Waals surface area contributed by atoms with Crippen molar-refractivity contribution in [2.45, 2.75) is 18.4 Å². The molecule has 1 saturated carbocycles. The Morgan fingerprint density at radius 1 is 0.906 bits per heavy atom. The highest BCUT2D eigenvalue weighted by molar-refractivity contribution is 5.99. The number of hydrogen-bond donors (Lipinski definition) is 3. The highest BCUT2D eigenvalue weighted by Crippen LogP contribution is 2.45. The molecule has 156 valence electrons. The maximum absolute atomic E-state index is 13.1. The monoisotopic (exact) mass is 420 g/mol. The number of hydrogen-bond acceptors (Lipinski definition) is 4. The van der Waals surface area contributed by atoms with E-state index in [1.165, 1.54) is 6.33 Å². The minimum absolute atomic E-state index is 0.0737. The van der Waals surface area contributed by atoms with Gasteiger partial charge in [0.25, 0.3) is 5.91 Å². The maximum atomic E-state index is 13.1. The van der Waals surface area contributed by atoms with Crippen LogP contribution in [0.4, 0.5) is 0 Å². The standard InChI is InChI=1S/C25H20N6O/c32-24(28-25(11-12-25)19-7-2-1-3-8-19)18-6-4-5-16(13-18)22-20-14-17(23-26-15-27-31-23)9-10-21(20)29-30-22/h1-10,13-15H,11-12H2,(H,28,32)(H,29,30)(H,26,27,31). The lowest BCUT2D eigenvalue weighted by atomic mass is 10.0. The molecule has 0 atom stereocenters. The Hall–Kier alpha value is -4.26. The van der Waals surface area contributed by atoms with Gasteiger partial charge in [0, 0.05) is 22.1 Å². The zero-order valence-electron chi connectivity index (χ0n) is 17.2. The maximum Gasteiger partial charge on any atom is 0.251 e. The van der Waals surface area contributed by atoms with Crippen LogP contribution >= 0.6 is 0 Å². The lowest BCUT2D eigenvalue weighted by Gasteiger charge is -2.18. The third-order valence-corrected chi connectivity index (χ3v) is 6.08. The first kappa shape index (κ1) is 18.5. The van der Waals surface area contributed by atoms with Gasteiger partial charge in [-0.3, -0.25) is 15.0 Å². The Morgan fingerprint density at radius 3 is 2.56 bits per heavy atom. The van der Waals surface area contributed by atoms with Crippen molar-refractivity contribution < 1.29 is 4.79 Å². The van der Waals surface area contributed by atoms with Crippen LogP contribution < -0.4 is 5.32 Å². The highest BCUT2D eigenvalue weighted by Gasteiger charge is 2.45.